The van der Waals surface area contributed by atoms with Crippen LogP contribution >= 0.6 is 11.6 Å². The lowest BCUT2D eigenvalue weighted by Crippen LogP contribution is -2.03. The van der Waals surface area contributed by atoms with E-state index in [-0.39, 0.29) is 0 Å². The van der Waals surface area contributed by atoms with Crippen LogP contribution in [0.5, 0.6) is 0 Å². The summed E-state index contributed by atoms with van der Waals surface area (Å²) in [6.07, 6.45) is 6.05. The minimum Gasteiger partial charge on any atom is -0.402 e. The summed E-state index contributed by atoms with van der Waals surface area (Å²) in [5.41, 5.74) is 11.2. The Balaban J connectivity index is 2.37. The predicted molar refractivity (Wildman–Crippen MR) is 106 cm³/mol. The number of anilines is 1. The van der Waals surface area contributed by atoms with Gasteiger partial charge in [-0.25, -0.2) is 0 Å². The molecule has 2 nitrogen and oxygen atoms in total. The van der Waals surface area contributed by atoms with E-state index in [9.17, 15) is 0 Å². The van der Waals surface area contributed by atoms with E-state index in [1.807, 2.05) is 37.3 Å². The van der Waals surface area contributed by atoms with Gasteiger partial charge in [-0.1, -0.05) is 61.0 Å². The number of halogens is 1. The number of para-hydroxylation sites is 1. The SMILES string of the molecule is CCCNc1ccccc1C(/C=C(/C)N)=C/Cc1ccccc1Cl. The van der Waals surface area contributed by atoms with Crippen LogP contribution in [-0.4, -0.2) is 6.54 Å². The van der Waals surface area contributed by atoms with Crippen molar-refractivity contribution >= 4 is 22.9 Å². The van der Waals surface area contributed by atoms with Crippen LogP contribution in [0.3, 0.4) is 0 Å². The third-order valence-electron chi connectivity index (χ3n) is 3.69. The highest BCUT2D eigenvalue weighted by molar-refractivity contribution is 6.31. The highest BCUT2D eigenvalue weighted by Gasteiger charge is 2.06. The molecule has 3 heteroatoms. The van der Waals surface area contributed by atoms with E-state index in [1.165, 1.54) is 0 Å². The first kappa shape index (κ1) is 18.2. The minimum atomic E-state index is 0.765. The molecule has 0 saturated heterocycles. The van der Waals surface area contributed by atoms with E-state index >= 15 is 0 Å². The second kappa shape index (κ2) is 9.19. The Morgan fingerprint density at radius 3 is 2.54 bits per heavy atom. The van der Waals surface area contributed by atoms with Crippen molar-refractivity contribution in [3.8, 4) is 0 Å². The molecule has 0 saturated carbocycles. The van der Waals surface area contributed by atoms with Crippen molar-refractivity contribution in [2.75, 3.05) is 11.9 Å². The lowest BCUT2D eigenvalue weighted by atomic mass is 9.99. The standard InChI is InChI=1S/C21H25ClN2/c1-3-14-24-21-11-7-5-9-19(21)18(15-16(2)23)13-12-17-8-4-6-10-20(17)22/h4-11,13,15,24H,3,12,14,23H2,1-2H3/b16-15-,18-13+. The van der Waals surface area contributed by atoms with Gasteiger partial charge in [0.1, 0.15) is 0 Å². The molecule has 0 aliphatic heterocycles. The third kappa shape index (κ3) is 5.17. The Labute approximate surface area is 150 Å². The molecule has 2 aromatic carbocycles. The average Bonchev–Trinajstić information content (AvgIpc) is 2.58. The lowest BCUT2D eigenvalue weighted by molar-refractivity contribution is 0.979. The molecule has 3 N–H and O–H groups in total. The minimum absolute atomic E-state index is 0.765. The number of allylic oxidation sites excluding steroid dienone is 4. The van der Waals surface area contributed by atoms with E-state index in [2.05, 4.69) is 42.6 Å². The summed E-state index contributed by atoms with van der Waals surface area (Å²) in [6, 6.07) is 16.3. The van der Waals surface area contributed by atoms with Crippen molar-refractivity contribution in [3.05, 3.63) is 82.5 Å². The molecule has 0 spiro atoms. The molecule has 0 atom stereocenters. The van der Waals surface area contributed by atoms with Gasteiger partial charge in [-0.3, -0.25) is 0 Å². The summed E-state index contributed by atoms with van der Waals surface area (Å²) in [4.78, 5) is 0. The van der Waals surface area contributed by atoms with Crippen LogP contribution in [0.15, 0.2) is 66.4 Å². The number of nitrogens with two attached hydrogens (primary N) is 1. The molecular weight excluding hydrogens is 316 g/mol. The summed E-state index contributed by atoms with van der Waals surface area (Å²) in [7, 11) is 0. The fourth-order valence-electron chi connectivity index (χ4n) is 2.52. The average molecular weight is 341 g/mol. The highest BCUT2D eigenvalue weighted by atomic mass is 35.5. The van der Waals surface area contributed by atoms with E-state index in [0.717, 1.165) is 52.5 Å². The van der Waals surface area contributed by atoms with Gasteiger partial charge in [0.2, 0.25) is 0 Å². The molecule has 0 bridgehead atoms. The van der Waals surface area contributed by atoms with Gasteiger partial charge in [0.05, 0.1) is 0 Å². The van der Waals surface area contributed by atoms with E-state index in [1.54, 1.807) is 0 Å². The Hall–Kier alpha value is -2.19. The molecule has 0 unspecified atom stereocenters. The molecule has 0 aromatic heterocycles. The van der Waals surface area contributed by atoms with Crippen molar-refractivity contribution < 1.29 is 0 Å². The van der Waals surface area contributed by atoms with Gasteiger partial charge < -0.3 is 11.1 Å². The van der Waals surface area contributed by atoms with E-state index in [0.29, 0.717) is 0 Å². The Morgan fingerprint density at radius 1 is 1.12 bits per heavy atom. The quantitative estimate of drug-likeness (QED) is 0.639. The predicted octanol–water partition coefficient (Wildman–Crippen LogP) is 5.65. The van der Waals surface area contributed by atoms with Crippen LogP contribution in [-0.2, 0) is 6.42 Å². The first-order chi connectivity index (χ1) is 11.6. The maximum absolute atomic E-state index is 6.28. The number of rotatable bonds is 7. The number of hydrogen-bond acceptors (Lipinski definition) is 2. The van der Waals surface area contributed by atoms with Gasteiger partial charge in [-0.15, -0.1) is 0 Å². The van der Waals surface area contributed by atoms with Crippen molar-refractivity contribution in [1.82, 2.24) is 0 Å². The molecular formula is C21H25ClN2. The molecule has 0 amide bonds. The van der Waals surface area contributed by atoms with Gasteiger partial charge in [-0.05, 0) is 49.1 Å². The Morgan fingerprint density at radius 2 is 1.83 bits per heavy atom. The van der Waals surface area contributed by atoms with Gasteiger partial charge in [0.25, 0.3) is 0 Å². The topological polar surface area (TPSA) is 38.0 Å². The van der Waals surface area contributed by atoms with Crippen LogP contribution < -0.4 is 11.1 Å². The molecule has 0 aliphatic carbocycles. The molecule has 24 heavy (non-hydrogen) atoms. The first-order valence-electron chi connectivity index (χ1n) is 8.32. The summed E-state index contributed by atoms with van der Waals surface area (Å²) in [5.74, 6) is 0. The molecule has 2 rings (SSSR count). The first-order valence-corrected chi connectivity index (χ1v) is 8.70. The van der Waals surface area contributed by atoms with Crippen LogP contribution in [0.4, 0.5) is 5.69 Å². The summed E-state index contributed by atoms with van der Waals surface area (Å²) < 4.78 is 0. The molecule has 0 radical (unpaired) electrons. The van der Waals surface area contributed by atoms with Crippen LogP contribution in [0.2, 0.25) is 5.02 Å². The molecule has 126 valence electrons. The van der Waals surface area contributed by atoms with Gasteiger partial charge in [-0.2, -0.15) is 0 Å². The zero-order chi connectivity index (χ0) is 17.4. The van der Waals surface area contributed by atoms with Crippen LogP contribution in [0.25, 0.3) is 5.57 Å². The number of nitrogens with one attached hydrogen (secondary N) is 1. The maximum atomic E-state index is 6.28. The molecule has 0 fully saturated rings. The van der Waals surface area contributed by atoms with Crippen molar-refractivity contribution in [2.45, 2.75) is 26.7 Å². The van der Waals surface area contributed by atoms with Crippen molar-refractivity contribution in [2.24, 2.45) is 5.73 Å². The fourth-order valence-corrected chi connectivity index (χ4v) is 2.74. The molecule has 0 aliphatic rings. The third-order valence-corrected chi connectivity index (χ3v) is 4.06. The van der Waals surface area contributed by atoms with Crippen LogP contribution in [0, 0.1) is 0 Å². The van der Waals surface area contributed by atoms with Gasteiger partial charge in [0.15, 0.2) is 0 Å². The Bertz CT molecular complexity index is 728. The second-order valence-corrected chi connectivity index (χ2v) is 6.22. The zero-order valence-corrected chi connectivity index (χ0v) is 15.1. The normalized spacial score (nSPS) is 12.3. The smallest absolute Gasteiger partial charge is 0.0441 e. The molecule has 0 heterocycles. The van der Waals surface area contributed by atoms with Crippen molar-refractivity contribution in [1.29, 1.82) is 0 Å². The summed E-state index contributed by atoms with van der Waals surface area (Å²) in [6.45, 7) is 5.01. The highest BCUT2D eigenvalue weighted by Crippen LogP contribution is 2.27. The second-order valence-electron chi connectivity index (χ2n) is 5.82. The maximum Gasteiger partial charge on any atom is 0.0441 e. The van der Waals surface area contributed by atoms with E-state index in [4.69, 9.17) is 17.3 Å². The van der Waals surface area contributed by atoms with Crippen LogP contribution in [0.1, 0.15) is 31.4 Å². The van der Waals surface area contributed by atoms with Gasteiger partial charge in [0, 0.05) is 28.5 Å². The summed E-state index contributed by atoms with van der Waals surface area (Å²) in [5, 5.41) is 4.28. The lowest BCUT2D eigenvalue weighted by Gasteiger charge is -2.13. The van der Waals surface area contributed by atoms with Gasteiger partial charge >= 0.3 is 0 Å². The molecule has 2 aromatic rings. The Kier molecular flexibility index (Phi) is 6.95. The number of hydrogen-bond donors (Lipinski definition) is 2. The largest absolute Gasteiger partial charge is 0.402 e. The monoisotopic (exact) mass is 340 g/mol. The zero-order valence-electron chi connectivity index (χ0n) is 14.4. The van der Waals surface area contributed by atoms with E-state index < -0.39 is 0 Å². The fraction of sp³-hybridized carbons (Fsp3) is 0.238. The number of benzene rings is 2. The summed E-state index contributed by atoms with van der Waals surface area (Å²) >= 11 is 6.28. The van der Waals surface area contributed by atoms with Crippen molar-refractivity contribution in [3.63, 3.8) is 0 Å².